The molecule has 0 aliphatic carbocycles. The van der Waals surface area contributed by atoms with Gasteiger partial charge in [-0.1, -0.05) is 11.8 Å². The number of thioether (sulfide) groups is 1. The minimum absolute atomic E-state index is 0.250. The molecule has 0 aromatic heterocycles. The van der Waals surface area contributed by atoms with Crippen molar-refractivity contribution >= 4 is 22.8 Å². The standard InChI is InChI=1S/C12H12F3N3OS/c1-5-10(20-12(16)18-5)11(19)17-4-6-2-7(13)3-8(14)9(6)15/h2-3,5,10H,4H2,1H3,(H2,16,18)(H,17,19). The monoisotopic (exact) mass is 303 g/mol. The van der Waals surface area contributed by atoms with E-state index in [1.54, 1.807) is 6.92 Å². The Morgan fingerprint density at radius 3 is 2.75 bits per heavy atom. The zero-order chi connectivity index (χ0) is 14.9. The van der Waals surface area contributed by atoms with Gasteiger partial charge in [0.15, 0.2) is 16.8 Å². The summed E-state index contributed by atoms with van der Waals surface area (Å²) in [5, 5.41) is 2.21. The average molecular weight is 303 g/mol. The van der Waals surface area contributed by atoms with E-state index >= 15 is 0 Å². The van der Waals surface area contributed by atoms with E-state index in [0.29, 0.717) is 11.2 Å². The van der Waals surface area contributed by atoms with E-state index in [9.17, 15) is 18.0 Å². The van der Waals surface area contributed by atoms with Gasteiger partial charge in [-0.2, -0.15) is 0 Å². The quantitative estimate of drug-likeness (QED) is 0.832. The third-order valence-electron chi connectivity index (χ3n) is 2.80. The molecule has 0 bridgehead atoms. The fraction of sp³-hybridized carbons (Fsp3) is 0.333. The van der Waals surface area contributed by atoms with E-state index in [0.717, 1.165) is 17.8 Å². The lowest BCUT2D eigenvalue weighted by atomic mass is 10.2. The van der Waals surface area contributed by atoms with Gasteiger partial charge in [-0.05, 0) is 13.0 Å². The van der Waals surface area contributed by atoms with E-state index < -0.39 is 28.6 Å². The maximum absolute atomic E-state index is 13.4. The van der Waals surface area contributed by atoms with Crippen LogP contribution in [0.25, 0.3) is 0 Å². The molecule has 0 spiro atoms. The summed E-state index contributed by atoms with van der Waals surface area (Å²) in [5.74, 6) is -3.76. The van der Waals surface area contributed by atoms with Crippen LogP contribution in [-0.2, 0) is 11.3 Å². The number of amidine groups is 1. The number of aliphatic imine (C=N–C) groups is 1. The van der Waals surface area contributed by atoms with Crippen molar-refractivity contribution in [2.75, 3.05) is 0 Å². The highest BCUT2D eigenvalue weighted by molar-refractivity contribution is 8.15. The number of nitrogens with one attached hydrogen (secondary N) is 1. The Morgan fingerprint density at radius 2 is 2.15 bits per heavy atom. The van der Waals surface area contributed by atoms with Crippen LogP contribution < -0.4 is 11.1 Å². The predicted octanol–water partition coefficient (Wildman–Crippen LogP) is 1.54. The molecule has 1 amide bonds. The van der Waals surface area contributed by atoms with Crippen molar-refractivity contribution in [1.29, 1.82) is 0 Å². The van der Waals surface area contributed by atoms with Crippen molar-refractivity contribution in [3.63, 3.8) is 0 Å². The lowest BCUT2D eigenvalue weighted by Gasteiger charge is -2.13. The number of hydrogen-bond acceptors (Lipinski definition) is 4. The first kappa shape index (κ1) is 14.7. The van der Waals surface area contributed by atoms with Gasteiger partial charge in [0.2, 0.25) is 5.91 Å². The first-order valence-electron chi connectivity index (χ1n) is 5.79. The van der Waals surface area contributed by atoms with Crippen molar-refractivity contribution < 1.29 is 18.0 Å². The number of rotatable bonds is 3. The second-order valence-corrected chi connectivity index (χ2v) is 5.49. The summed E-state index contributed by atoms with van der Waals surface area (Å²) < 4.78 is 39.4. The van der Waals surface area contributed by atoms with Crippen molar-refractivity contribution in [3.8, 4) is 0 Å². The highest BCUT2D eigenvalue weighted by Gasteiger charge is 2.31. The lowest BCUT2D eigenvalue weighted by molar-refractivity contribution is -0.120. The Balaban J connectivity index is 2.01. The second-order valence-electron chi connectivity index (χ2n) is 4.32. The molecule has 3 N–H and O–H groups in total. The van der Waals surface area contributed by atoms with E-state index in [2.05, 4.69) is 10.3 Å². The zero-order valence-corrected chi connectivity index (χ0v) is 11.3. The van der Waals surface area contributed by atoms with Crippen molar-refractivity contribution in [1.82, 2.24) is 5.32 Å². The molecular formula is C12H12F3N3OS. The zero-order valence-electron chi connectivity index (χ0n) is 10.5. The Hall–Kier alpha value is -1.70. The minimum Gasteiger partial charge on any atom is -0.379 e. The van der Waals surface area contributed by atoms with E-state index in [1.807, 2.05) is 0 Å². The van der Waals surface area contributed by atoms with Gasteiger partial charge in [-0.3, -0.25) is 9.79 Å². The normalized spacial score (nSPS) is 21.7. The maximum atomic E-state index is 13.4. The van der Waals surface area contributed by atoms with E-state index in [1.165, 1.54) is 0 Å². The van der Waals surface area contributed by atoms with Crippen LogP contribution in [0.4, 0.5) is 13.2 Å². The molecule has 0 radical (unpaired) electrons. The molecule has 0 saturated carbocycles. The molecule has 20 heavy (non-hydrogen) atoms. The van der Waals surface area contributed by atoms with Crippen LogP contribution in [0, 0.1) is 17.5 Å². The van der Waals surface area contributed by atoms with Crippen molar-refractivity contribution in [2.24, 2.45) is 10.7 Å². The van der Waals surface area contributed by atoms with E-state index in [4.69, 9.17) is 5.73 Å². The summed E-state index contributed by atoms with van der Waals surface area (Å²) in [6, 6.07) is 0.993. The maximum Gasteiger partial charge on any atom is 0.236 e. The van der Waals surface area contributed by atoms with Crippen LogP contribution in [0.15, 0.2) is 17.1 Å². The van der Waals surface area contributed by atoms with Gasteiger partial charge < -0.3 is 11.1 Å². The summed E-state index contributed by atoms with van der Waals surface area (Å²) in [6.07, 6.45) is 0. The third kappa shape index (κ3) is 3.06. The number of amides is 1. The number of nitrogens with two attached hydrogens (primary N) is 1. The van der Waals surface area contributed by atoms with Crippen LogP contribution in [0.3, 0.4) is 0 Å². The Kier molecular flexibility index (Phi) is 4.22. The molecule has 1 aromatic carbocycles. The van der Waals surface area contributed by atoms with Gasteiger partial charge in [0, 0.05) is 18.2 Å². The molecule has 1 aliphatic heterocycles. The molecule has 2 rings (SSSR count). The molecule has 1 aliphatic rings. The molecule has 1 heterocycles. The van der Waals surface area contributed by atoms with Gasteiger partial charge in [0.25, 0.3) is 0 Å². The van der Waals surface area contributed by atoms with Crippen LogP contribution >= 0.6 is 11.8 Å². The summed E-state index contributed by atoms with van der Waals surface area (Å²) >= 11 is 1.10. The molecule has 8 heteroatoms. The molecule has 2 atom stereocenters. The topological polar surface area (TPSA) is 67.5 Å². The van der Waals surface area contributed by atoms with Crippen molar-refractivity contribution in [3.05, 3.63) is 35.1 Å². The SMILES string of the molecule is CC1N=C(N)SC1C(=O)NCc1cc(F)cc(F)c1F. The molecule has 0 fully saturated rings. The van der Waals surface area contributed by atoms with Gasteiger partial charge in [0.1, 0.15) is 11.1 Å². The lowest BCUT2D eigenvalue weighted by Crippen LogP contribution is -2.36. The molecule has 2 unspecified atom stereocenters. The minimum atomic E-state index is -1.29. The fourth-order valence-electron chi connectivity index (χ4n) is 1.82. The number of carbonyl (C=O) groups excluding carboxylic acids is 1. The number of halogens is 3. The van der Waals surface area contributed by atoms with Crippen LogP contribution in [-0.4, -0.2) is 22.4 Å². The Labute approximate surface area is 117 Å². The first-order valence-corrected chi connectivity index (χ1v) is 6.67. The summed E-state index contributed by atoms with van der Waals surface area (Å²) in [4.78, 5) is 15.9. The molecule has 0 saturated heterocycles. The van der Waals surface area contributed by atoms with Gasteiger partial charge >= 0.3 is 0 Å². The summed E-state index contributed by atoms with van der Waals surface area (Å²) in [5.41, 5.74) is 5.25. The van der Waals surface area contributed by atoms with Crippen molar-refractivity contribution in [2.45, 2.75) is 24.8 Å². The molecule has 4 nitrogen and oxygen atoms in total. The number of carbonyl (C=O) groups is 1. The van der Waals surface area contributed by atoms with Gasteiger partial charge in [-0.25, -0.2) is 13.2 Å². The summed E-state index contributed by atoms with van der Waals surface area (Å²) in [7, 11) is 0. The number of nitrogens with zero attached hydrogens (tertiary/aromatic N) is 1. The Morgan fingerprint density at radius 1 is 1.45 bits per heavy atom. The van der Waals surface area contributed by atoms with Crippen LogP contribution in [0.2, 0.25) is 0 Å². The number of hydrogen-bond donors (Lipinski definition) is 2. The second kappa shape index (κ2) is 5.74. The highest BCUT2D eigenvalue weighted by Crippen LogP contribution is 2.24. The van der Waals surface area contributed by atoms with Crippen LogP contribution in [0.1, 0.15) is 12.5 Å². The van der Waals surface area contributed by atoms with Crippen LogP contribution in [0.5, 0.6) is 0 Å². The van der Waals surface area contributed by atoms with Gasteiger partial charge in [0.05, 0.1) is 6.04 Å². The predicted molar refractivity (Wildman–Crippen MR) is 70.6 cm³/mol. The first-order chi connectivity index (χ1) is 9.38. The average Bonchev–Trinajstić information content (AvgIpc) is 2.71. The third-order valence-corrected chi connectivity index (χ3v) is 4.01. The highest BCUT2D eigenvalue weighted by atomic mass is 32.2. The summed E-state index contributed by atoms with van der Waals surface area (Å²) in [6.45, 7) is 1.42. The largest absolute Gasteiger partial charge is 0.379 e. The molecular weight excluding hydrogens is 291 g/mol. The number of benzene rings is 1. The molecule has 1 aromatic rings. The fourth-order valence-corrected chi connectivity index (χ4v) is 2.76. The Bertz CT molecular complexity index is 579. The van der Waals surface area contributed by atoms with E-state index in [-0.39, 0.29) is 18.2 Å². The van der Waals surface area contributed by atoms with Gasteiger partial charge in [-0.15, -0.1) is 0 Å². The molecule has 108 valence electrons. The smallest absolute Gasteiger partial charge is 0.236 e.